The van der Waals surface area contributed by atoms with Crippen molar-refractivity contribution in [3.05, 3.63) is 50.1 Å². The van der Waals surface area contributed by atoms with Crippen molar-refractivity contribution >= 4 is 22.6 Å². The second-order valence-electron chi connectivity index (χ2n) is 3.95. The molecule has 0 saturated carbocycles. The topological polar surface area (TPSA) is 60.1 Å². The van der Waals surface area contributed by atoms with Gasteiger partial charge in [-0.15, -0.1) is 0 Å². The molecule has 0 aliphatic rings. The summed E-state index contributed by atoms with van der Waals surface area (Å²) in [7, 11) is 0. The lowest BCUT2D eigenvalue weighted by Gasteiger charge is -2.07. The van der Waals surface area contributed by atoms with Gasteiger partial charge in [-0.3, -0.25) is 9.36 Å². The van der Waals surface area contributed by atoms with Crippen LogP contribution in [0.5, 0.6) is 0 Å². The van der Waals surface area contributed by atoms with E-state index in [1.807, 2.05) is 35.6 Å². The van der Waals surface area contributed by atoms with Crippen LogP contribution in [0.15, 0.2) is 34.1 Å². The Hall–Kier alpha value is -1.15. The number of hydrogen-bond acceptors (Lipinski definition) is 4. The van der Waals surface area contributed by atoms with E-state index in [0.29, 0.717) is 16.7 Å². The fourth-order valence-electron chi connectivity index (χ4n) is 1.53. The second-order valence-corrected chi connectivity index (χ2v) is 5.03. The summed E-state index contributed by atoms with van der Waals surface area (Å²) >= 11 is 2.04. The zero-order chi connectivity index (χ0) is 13.0. The lowest BCUT2D eigenvalue weighted by atomic mass is 10.3. The Morgan fingerprint density at radius 3 is 3.11 bits per heavy atom. The van der Waals surface area contributed by atoms with Gasteiger partial charge < -0.3 is 9.73 Å². The third-order valence-electron chi connectivity index (χ3n) is 2.60. The van der Waals surface area contributed by atoms with Gasteiger partial charge in [0.2, 0.25) is 0 Å². The molecule has 0 aliphatic carbocycles. The van der Waals surface area contributed by atoms with Crippen molar-refractivity contribution in [1.82, 2.24) is 14.9 Å². The van der Waals surface area contributed by atoms with Crippen molar-refractivity contribution in [3.63, 3.8) is 0 Å². The summed E-state index contributed by atoms with van der Waals surface area (Å²) < 4.78 is 7.28. The molecule has 0 unspecified atom stereocenters. The van der Waals surface area contributed by atoms with Crippen LogP contribution in [-0.4, -0.2) is 16.1 Å². The molecule has 1 N–H and O–H groups in total. The largest absolute Gasteiger partial charge is 0.472 e. The number of nitrogens with zero attached hydrogens (tertiary/aromatic N) is 2. The van der Waals surface area contributed by atoms with Gasteiger partial charge in [0.1, 0.15) is 0 Å². The summed E-state index contributed by atoms with van der Waals surface area (Å²) in [6.07, 6.45) is 4.95. The maximum Gasteiger partial charge on any atom is 0.267 e. The smallest absolute Gasteiger partial charge is 0.267 e. The summed E-state index contributed by atoms with van der Waals surface area (Å²) in [5.74, 6) is 0. The Bertz CT molecular complexity index is 563. The van der Waals surface area contributed by atoms with Crippen LogP contribution < -0.4 is 10.9 Å². The predicted octanol–water partition coefficient (Wildman–Crippen LogP) is 1.54. The second kappa shape index (κ2) is 6.14. The number of hydrogen-bond donors (Lipinski definition) is 1. The van der Waals surface area contributed by atoms with Gasteiger partial charge in [0.25, 0.3) is 5.56 Å². The Kier molecular flexibility index (Phi) is 4.54. The van der Waals surface area contributed by atoms with Crippen molar-refractivity contribution in [2.45, 2.75) is 20.0 Å². The molecule has 2 aromatic heterocycles. The number of rotatable bonds is 5. The van der Waals surface area contributed by atoms with Crippen molar-refractivity contribution in [2.24, 2.45) is 0 Å². The summed E-state index contributed by atoms with van der Waals surface area (Å²) in [6, 6.07) is 1.91. The van der Waals surface area contributed by atoms with Gasteiger partial charge >= 0.3 is 0 Å². The van der Waals surface area contributed by atoms with Gasteiger partial charge in [0.15, 0.2) is 0 Å². The van der Waals surface area contributed by atoms with E-state index in [1.165, 1.54) is 0 Å². The minimum atomic E-state index is 0.0215. The number of aryl methyl sites for hydroxylation is 1. The van der Waals surface area contributed by atoms with Crippen LogP contribution in [0.25, 0.3) is 0 Å². The standard InChI is InChI=1S/C12H14IN3O2/c1-9-11(13)12(17)16(8-15-9)4-3-14-6-10-2-5-18-7-10/h2,5,7-8,14H,3-4,6H2,1H3. The predicted molar refractivity (Wildman–Crippen MR) is 76.4 cm³/mol. The Morgan fingerprint density at radius 2 is 2.39 bits per heavy atom. The van der Waals surface area contributed by atoms with Crippen LogP contribution >= 0.6 is 22.6 Å². The first kappa shape index (κ1) is 13.3. The molecule has 0 radical (unpaired) electrons. The van der Waals surface area contributed by atoms with E-state index in [2.05, 4.69) is 10.3 Å². The number of aromatic nitrogens is 2. The van der Waals surface area contributed by atoms with Crippen molar-refractivity contribution in [1.29, 1.82) is 0 Å². The first-order valence-corrected chi connectivity index (χ1v) is 6.69. The molecule has 0 bridgehead atoms. The van der Waals surface area contributed by atoms with Crippen LogP contribution in [0.2, 0.25) is 0 Å². The van der Waals surface area contributed by atoms with Crippen LogP contribution in [0, 0.1) is 10.5 Å². The minimum absolute atomic E-state index is 0.0215. The highest BCUT2D eigenvalue weighted by atomic mass is 127. The van der Waals surface area contributed by atoms with Gasteiger partial charge in [-0.05, 0) is 35.6 Å². The highest BCUT2D eigenvalue weighted by Gasteiger charge is 2.04. The van der Waals surface area contributed by atoms with E-state index < -0.39 is 0 Å². The molecule has 2 heterocycles. The fourth-order valence-corrected chi connectivity index (χ4v) is 1.98. The molecule has 18 heavy (non-hydrogen) atoms. The van der Waals surface area contributed by atoms with Gasteiger partial charge in [-0.25, -0.2) is 4.98 Å². The molecule has 0 amide bonds. The van der Waals surface area contributed by atoms with Crippen LogP contribution in [0.3, 0.4) is 0 Å². The monoisotopic (exact) mass is 359 g/mol. The molecule has 0 aliphatic heterocycles. The van der Waals surface area contributed by atoms with E-state index in [4.69, 9.17) is 4.42 Å². The third-order valence-corrected chi connectivity index (χ3v) is 3.84. The molecular formula is C12H14IN3O2. The number of halogens is 1. The van der Waals surface area contributed by atoms with Crippen molar-refractivity contribution in [2.75, 3.05) is 6.54 Å². The van der Waals surface area contributed by atoms with Gasteiger partial charge in [0, 0.05) is 25.2 Å². The maximum absolute atomic E-state index is 11.9. The quantitative estimate of drug-likeness (QED) is 0.650. The Labute approximate surface area is 118 Å². The average Bonchev–Trinajstić information content (AvgIpc) is 2.87. The highest BCUT2D eigenvalue weighted by Crippen LogP contribution is 2.01. The lowest BCUT2D eigenvalue weighted by molar-refractivity contribution is 0.551. The summed E-state index contributed by atoms with van der Waals surface area (Å²) in [6.45, 7) is 3.90. The molecule has 2 rings (SSSR count). The molecule has 2 aromatic rings. The lowest BCUT2D eigenvalue weighted by Crippen LogP contribution is -2.29. The fraction of sp³-hybridized carbons (Fsp3) is 0.333. The zero-order valence-electron chi connectivity index (χ0n) is 10.0. The first-order chi connectivity index (χ1) is 8.68. The molecular weight excluding hydrogens is 345 g/mol. The van der Waals surface area contributed by atoms with Gasteiger partial charge in [-0.2, -0.15) is 0 Å². The van der Waals surface area contributed by atoms with Gasteiger partial charge in [-0.1, -0.05) is 0 Å². The number of nitrogens with one attached hydrogen (secondary N) is 1. The first-order valence-electron chi connectivity index (χ1n) is 5.62. The van der Waals surface area contributed by atoms with Crippen LogP contribution in [0.1, 0.15) is 11.3 Å². The van der Waals surface area contributed by atoms with E-state index in [1.54, 1.807) is 23.4 Å². The van der Waals surface area contributed by atoms with Crippen LogP contribution in [-0.2, 0) is 13.1 Å². The average molecular weight is 359 g/mol. The third kappa shape index (κ3) is 3.20. The van der Waals surface area contributed by atoms with Crippen LogP contribution in [0.4, 0.5) is 0 Å². The molecule has 6 heteroatoms. The highest BCUT2D eigenvalue weighted by molar-refractivity contribution is 14.1. The van der Waals surface area contributed by atoms with E-state index >= 15 is 0 Å². The number of furan rings is 1. The maximum atomic E-state index is 11.9. The normalized spacial score (nSPS) is 10.8. The van der Waals surface area contributed by atoms with E-state index in [9.17, 15) is 4.79 Å². The molecule has 0 fully saturated rings. The summed E-state index contributed by atoms with van der Waals surface area (Å²) in [4.78, 5) is 16.1. The SMILES string of the molecule is Cc1ncn(CCNCc2ccoc2)c(=O)c1I. The molecule has 96 valence electrons. The molecule has 5 nitrogen and oxygen atoms in total. The van der Waals surface area contributed by atoms with Crippen molar-refractivity contribution < 1.29 is 4.42 Å². The summed E-state index contributed by atoms with van der Waals surface area (Å²) in [5.41, 5.74) is 1.90. The Balaban J connectivity index is 1.87. The molecule has 0 saturated heterocycles. The zero-order valence-corrected chi connectivity index (χ0v) is 12.2. The Morgan fingerprint density at radius 1 is 1.56 bits per heavy atom. The minimum Gasteiger partial charge on any atom is -0.472 e. The molecule has 0 spiro atoms. The molecule has 0 atom stereocenters. The van der Waals surface area contributed by atoms with E-state index in [0.717, 1.165) is 17.8 Å². The van der Waals surface area contributed by atoms with Crippen molar-refractivity contribution in [3.8, 4) is 0 Å². The molecule has 0 aromatic carbocycles. The van der Waals surface area contributed by atoms with E-state index in [-0.39, 0.29) is 5.56 Å². The van der Waals surface area contributed by atoms with Gasteiger partial charge in [0.05, 0.1) is 28.1 Å². The summed E-state index contributed by atoms with van der Waals surface area (Å²) in [5, 5.41) is 3.25.